The Labute approximate surface area is 169 Å². The minimum absolute atomic E-state index is 0.723. The van der Waals surface area contributed by atoms with Gasteiger partial charge in [0.05, 0.1) is 18.9 Å². The summed E-state index contributed by atoms with van der Waals surface area (Å²) in [7, 11) is 0. The standard InChI is InChI=1S/C23H23N5O/c1-2-16-4-3-5-17(14-16)19-15-21(28-10-12-29-13-11-28)26-22-18(19)6-8-24-23(22)20-7-9-25-27-20/h3-9,14-15H,2,10-13H2,1H3,(H,25,27). The molecule has 0 spiro atoms. The van der Waals surface area contributed by atoms with Crippen LogP contribution in [0.1, 0.15) is 12.5 Å². The number of pyridine rings is 2. The van der Waals surface area contributed by atoms with Gasteiger partial charge < -0.3 is 9.64 Å². The van der Waals surface area contributed by atoms with Crippen LogP contribution < -0.4 is 4.90 Å². The number of anilines is 1. The number of rotatable bonds is 4. The number of aryl methyl sites for hydroxylation is 1. The third-order valence-corrected chi connectivity index (χ3v) is 5.45. The summed E-state index contributed by atoms with van der Waals surface area (Å²) in [6.45, 7) is 5.31. The number of nitrogens with one attached hydrogen (secondary N) is 1. The fourth-order valence-electron chi connectivity index (χ4n) is 3.88. The Hall–Kier alpha value is -3.25. The van der Waals surface area contributed by atoms with Crippen LogP contribution in [0.25, 0.3) is 33.4 Å². The highest BCUT2D eigenvalue weighted by Gasteiger charge is 2.18. The molecule has 0 bridgehead atoms. The predicted octanol–water partition coefficient (Wildman–Crippen LogP) is 4.09. The predicted molar refractivity (Wildman–Crippen MR) is 115 cm³/mol. The van der Waals surface area contributed by atoms with E-state index in [9.17, 15) is 0 Å². The highest BCUT2D eigenvalue weighted by molar-refractivity contribution is 6.01. The van der Waals surface area contributed by atoms with E-state index in [1.54, 1.807) is 6.20 Å². The number of aromatic nitrogens is 4. The molecule has 0 unspecified atom stereocenters. The monoisotopic (exact) mass is 385 g/mol. The van der Waals surface area contributed by atoms with Crippen molar-refractivity contribution in [1.82, 2.24) is 20.2 Å². The second kappa shape index (κ2) is 7.64. The van der Waals surface area contributed by atoms with Crippen LogP contribution in [-0.4, -0.2) is 46.5 Å². The zero-order valence-electron chi connectivity index (χ0n) is 16.4. The van der Waals surface area contributed by atoms with Crippen LogP contribution in [0.3, 0.4) is 0 Å². The first kappa shape index (κ1) is 17.8. The van der Waals surface area contributed by atoms with Crippen molar-refractivity contribution in [2.45, 2.75) is 13.3 Å². The molecule has 0 amide bonds. The average molecular weight is 385 g/mol. The van der Waals surface area contributed by atoms with Gasteiger partial charge in [0.15, 0.2) is 0 Å². The van der Waals surface area contributed by atoms with Gasteiger partial charge in [-0.3, -0.25) is 10.1 Å². The number of morpholine rings is 1. The summed E-state index contributed by atoms with van der Waals surface area (Å²) in [5.41, 5.74) is 6.28. The Kier molecular flexibility index (Phi) is 4.69. The summed E-state index contributed by atoms with van der Waals surface area (Å²) in [5, 5.41) is 8.23. The van der Waals surface area contributed by atoms with Crippen LogP contribution in [0, 0.1) is 0 Å². The van der Waals surface area contributed by atoms with Crippen LogP contribution >= 0.6 is 0 Å². The van der Waals surface area contributed by atoms with Crippen LogP contribution in [0.5, 0.6) is 0 Å². The number of fused-ring (bicyclic) bond motifs is 1. The summed E-state index contributed by atoms with van der Waals surface area (Å²) < 4.78 is 5.54. The molecule has 4 aromatic rings. The Bertz CT molecular complexity index is 1130. The molecule has 6 heteroatoms. The van der Waals surface area contributed by atoms with Gasteiger partial charge in [0.1, 0.15) is 17.0 Å². The molecule has 5 rings (SSSR count). The zero-order chi connectivity index (χ0) is 19.6. The van der Waals surface area contributed by atoms with Crippen molar-refractivity contribution < 1.29 is 4.74 Å². The molecule has 1 N–H and O–H groups in total. The summed E-state index contributed by atoms with van der Waals surface area (Å²) in [6, 6.07) is 14.9. The molecule has 1 fully saturated rings. The Morgan fingerprint density at radius 1 is 1.07 bits per heavy atom. The van der Waals surface area contributed by atoms with Crippen LogP contribution in [0.4, 0.5) is 5.82 Å². The highest BCUT2D eigenvalue weighted by Crippen LogP contribution is 2.35. The van der Waals surface area contributed by atoms with Crippen molar-refractivity contribution in [3.63, 3.8) is 0 Å². The number of benzene rings is 1. The Morgan fingerprint density at radius 2 is 1.97 bits per heavy atom. The normalized spacial score (nSPS) is 14.4. The van der Waals surface area contributed by atoms with Gasteiger partial charge in [-0.25, -0.2) is 4.98 Å². The molecule has 4 heterocycles. The van der Waals surface area contributed by atoms with E-state index in [4.69, 9.17) is 9.72 Å². The lowest BCUT2D eigenvalue weighted by atomic mass is 9.98. The first-order chi connectivity index (χ1) is 14.3. The maximum Gasteiger partial charge on any atom is 0.130 e. The first-order valence-electron chi connectivity index (χ1n) is 10.0. The molecule has 1 aliphatic heterocycles. The van der Waals surface area contributed by atoms with E-state index >= 15 is 0 Å². The molecule has 0 atom stereocenters. The third-order valence-electron chi connectivity index (χ3n) is 5.45. The van der Waals surface area contributed by atoms with Crippen molar-refractivity contribution in [2.75, 3.05) is 31.2 Å². The molecule has 0 radical (unpaired) electrons. The Morgan fingerprint density at radius 3 is 2.76 bits per heavy atom. The van der Waals surface area contributed by atoms with Crippen molar-refractivity contribution >= 4 is 16.7 Å². The fourth-order valence-corrected chi connectivity index (χ4v) is 3.88. The van der Waals surface area contributed by atoms with E-state index in [0.29, 0.717) is 0 Å². The molecule has 3 aromatic heterocycles. The lowest BCUT2D eigenvalue weighted by molar-refractivity contribution is 0.122. The number of aromatic amines is 1. The molecular formula is C23H23N5O. The topological polar surface area (TPSA) is 66.9 Å². The summed E-state index contributed by atoms with van der Waals surface area (Å²) in [5.74, 6) is 0.964. The van der Waals surface area contributed by atoms with Gasteiger partial charge in [-0.1, -0.05) is 31.2 Å². The minimum atomic E-state index is 0.723. The maximum absolute atomic E-state index is 5.54. The van der Waals surface area contributed by atoms with Crippen LogP contribution in [0.15, 0.2) is 54.9 Å². The molecular weight excluding hydrogens is 362 g/mol. The largest absolute Gasteiger partial charge is 0.378 e. The van der Waals surface area contributed by atoms with Crippen molar-refractivity contribution in [2.24, 2.45) is 0 Å². The van der Waals surface area contributed by atoms with Crippen molar-refractivity contribution in [1.29, 1.82) is 0 Å². The van der Waals surface area contributed by atoms with E-state index in [0.717, 1.165) is 60.8 Å². The van der Waals surface area contributed by atoms with E-state index < -0.39 is 0 Å². The maximum atomic E-state index is 5.54. The quantitative estimate of drug-likeness (QED) is 0.573. The van der Waals surface area contributed by atoms with Gasteiger partial charge in [-0.05, 0) is 41.3 Å². The second-order valence-electron chi connectivity index (χ2n) is 7.21. The lowest BCUT2D eigenvalue weighted by Gasteiger charge is -2.28. The number of H-pyrrole nitrogens is 1. The van der Waals surface area contributed by atoms with Crippen LogP contribution in [0.2, 0.25) is 0 Å². The van der Waals surface area contributed by atoms with E-state index in [2.05, 4.69) is 63.4 Å². The summed E-state index contributed by atoms with van der Waals surface area (Å²) >= 11 is 0. The number of nitrogens with zero attached hydrogens (tertiary/aromatic N) is 4. The Balaban J connectivity index is 1.77. The third kappa shape index (κ3) is 3.36. The van der Waals surface area contributed by atoms with Gasteiger partial charge in [-0.2, -0.15) is 5.10 Å². The zero-order valence-corrected chi connectivity index (χ0v) is 16.4. The molecule has 146 valence electrons. The van der Waals surface area contributed by atoms with Crippen LogP contribution in [-0.2, 0) is 11.2 Å². The highest BCUT2D eigenvalue weighted by atomic mass is 16.5. The van der Waals surface area contributed by atoms with Gasteiger partial charge in [0, 0.05) is 30.9 Å². The summed E-state index contributed by atoms with van der Waals surface area (Å²) in [6.07, 6.45) is 4.60. The molecule has 6 nitrogen and oxygen atoms in total. The molecule has 0 aliphatic carbocycles. The minimum Gasteiger partial charge on any atom is -0.378 e. The summed E-state index contributed by atoms with van der Waals surface area (Å²) in [4.78, 5) is 12.0. The van der Waals surface area contributed by atoms with E-state index in [-0.39, 0.29) is 0 Å². The van der Waals surface area contributed by atoms with Crippen molar-refractivity contribution in [3.05, 3.63) is 60.4 Å². The van der Waals surface area contributed by atoms with Gasteiger partial charge in [0.25, 0.3) is 0 Å². The number of hydrogen-bond acceptors (Lipinski definition) is 5. The fraction of sp³-hybridized carbons (Fsp3) is 0.261. The SMILES string of the molecule is CCc1cccc(-c2cc(N3CCOCC3)nc3c(-c4ccn[nH]4)nccc23)c1. The second-order valence-corrected chi connectivity index (χ2v) is 7.21. The van der Waals surface area contributed by atoms with E-state index in [1.807, 2.05) is 12.3 Å². The number of hydrogen-bond donors (Lipinski definition) is 1. The van der Waals surface area contributed by atoms with E-state index in [1.165, 1.54) is 16.7 Å². The molecule has 1 saturated heterocycles. The molecule has 1 aliphatic rings. The average Bonchev–Trinajstić information content (AvgIpc) is 3.33. The smallest absolute Gasteiger partial charge is 0.130 e. The van der Waals surface area contributed by atoms with Gasteiger partial charge in [-0.15, -0.1) is 0 Å². The van der Waals surface area contributed by atoms with Gasteiger partial charge in [0.2, 0.25) is 0 Å². The number of ether oxygens (including phenoxy) is 1. The lowest BCUT2D eigenvalue weighted by Crippen LogP contribution is -2.36. The first-order valence-corrected chi connectivity index (χ1v) is 10.0. The van der Waals surface area contributed by atoms with Crippen molar-refractivity contribution in [3.8, 4) is 22.5 Å². The van der Waals surface area contributed by atoms with Gasteiger partial charge >= 0.3 is 0 Å². The molecule has 1 aromatic carbocycles. The molecule has 0 saturated carbocycles. The molecule has 29 heavy (non-hydrogen) atoms.